The standard InChI is InChI=1S/C28H45N3O3/c1-6-33-25-13-8-20-17-29-21(9-12-24(20)27(25)34-7-2)14-19-15-22-10-11-23(16-19)31(22)18-26(32)30-28(3,4)5/h8-9,13,19-20,22-24,29H,6-7,10-12,14-18H2,1-5H3,(H,30,32)/t19?,20?,22-,23?,24?/m1/s1. The summed E-state index contributed by atoms with van der Waals surface area (Å²) in [4.78, 5) is 15.0. The van der Waals surface area contributed by atoms with E-state index in [9.17, 15) is 4.79 Å². The molecule has 2 bridgehead atoms. The average Bonchev–Trinajstić information content (AvgIpc) is 2.93. The molecule has 0 aromatic rings. The van der Waals surface area contributed by atoms with E-state index < -0.39 is 0 Å². The van der Waals surface area contributed by atoms with E-state index in [1.165, 1.54) is 31.4 Å². The minimum atomic E-state index is -0.168. The summed E-state index contributed by atoms with van der Waals surface area (Å²) in [5.74, 6) is 3.55. The molecule has 2 N–H and O–H groups in total. The van der Waals surface area contributed by atoms with Gasteiger partial charge in [-0.25, -0.2) is 0 Å². The van der Waals surface area contributed by atoms with Gasteiger partial charge in [-0.15, -0.1) is 0 Å². The highest BCUT2D eigenvalue weighted by Gasteiger charge is 2.42. The molecule has 6 heteroatoms. The number of nitrogens with one attached hydrogen (secondary N) is 2. The summed E-state index contributed by atoms with van der Waals surface area (Å²) in [7, 11) is 0. The molecule has 2 fully saturated rings. The first-order valence-electron chi connectivity index (χ1n) is 13.4. The summed E-state index contributed by atoms with van der Waals surface area (Å²) in [6.45, 7) is 13.0. The van der Waals surface area contributed by atoms with Crippen LogP contribution in [-0.2, 0) is 14.3 Å². The topological polar surface area (TPSA) is 62.8 Å². The molecule has 1 amide bonds. The molecule has 1 aliphatic carbocycles. The Kier molecular flexibility index (Phi) is 7.96. The second kappa shape index (κ2) is 10.8. The molecule has 190 valence electrons. The summed E-state index contributed by atoms with van der Waals surface area (Å²) in [5.41, 5.74) is 1.22. The minimum absolute atomic E-state index is 0.163. The molecule has 0 radical (unpaired) electrons. The van der Waals surface area contributed by atoms with Crippen molar-refractivity contribution in [1.82, 2.24) is 15.5 Å². The third-order valence-corrected chi connectivity index (χ3v) is 7.71. The molecule has 0 spiro atoms. The number of ether oxygens (including phenoxy) is 2. The molecule has 4 rings (SSSR count). The van der Waals surface area contributed by atoms with Crippen molar-refractivity contribution in [3.63, 3.8) is 0 Å². The monoisotopic (exact) mass is 471 g/mol. The Balaban J connectivity index is 1.35. The molecule has 4 aliphatic rings. The van der Waals surface area contributed by atoms with Crippen LogP contribution in [0, 0.1) is 17.8 Å². The highest BCUT2D eigenvalue weighted by Crippen LogP contribution is 2.41. The number of hydrogen-bond acceptors (Lipinski definition) is 5. The lowest BCUT2D eigenvalue weighted by molar-refractivity contribution is -0.125. The van der Waals surface area contributed by atoms with Gasteiger partial charge < -0.3 is 20.1 Å². The van der Waals surface area contributed by atoms with Crippen molar-refractivity contribution in [3.05, 3.63) is 35.4 Å². The van der Waals surface area contributed by atoms with Gasteiger partial charge in [-0.3, -0.25) is 9.69 Å². The molecule has 6 nitrogen and oxygen atoms in total. The maximum Gasteiger partial charge on any atom is 0.234 e. The lowest BCUT2D eigenvalue weighted by atomic mass is 9.84. The van der Waals surface area contributed by atoms with Gasteiger partial charge in [0.05, 0.1) is 19.8 Å². The van der Waals surface area contributed by atoms with E-state index in [1.54, 1.807) is 0 Å². The first-order chi connectivity index (χ1) is 16.3. The van der Waals surface area contributed by atoms with Gasteiger partial charge in [-0.2, -0.15) is 0 Å². The highest BCUT2D eigenvalue weighted by molar-refractivity contribution is 5.78. The van der Waals surface area contributed by atoms with Crippen LogP contribution in [0.3, 0.4) is 0 Å². The van der Waals surface area contributed by atoms with E-state index >= 15 is 0 Å². The van der Waals surface area contributed by atoms with E-state index in [-0.39, 0.29) is 11.4 Å². The van der Waals surface area contributed by atoms with Crippen molar-refractivity contribution in [2.75, 3.05) is 26.3 Å². The van der Waals surface area contributed by atoms with Gasteiger partial charge in [-0.05, 0) is 85.1 Å². The minimum Gasteiger partial charge on any atom is -0.494 e. The first kappa shape index (κ1) is 25.2. The van der Waals surface area contributed by atoms with Gasteiger partial charge in [0.25, 0.3) is 0 Å². The van der Waals surface area contributed by atoms with Crippen molar-refractivity contribution >= 4 is 5.91 Å². The SMILES string of the molecule is CCOC1=C(OCC)C2CC=C(CC3CC4CC[C@H](C3)N4CC(=O)NC(C)(C)C)NCC2C=C1. The number of carbonyl (C=O) groups excluding carboxylic acids is 1. The highest BCUT2D eigenvalue weighted by atomic mass is 16.5. The molecule has 2 saturated heterocycles. The molecule has 0 aromatic heterocycles. The third kappa shape index (κ3) is 5.99. The lowest BCUT2D eigenvalue weighted by Crippen LogP contribution is -2.51. The number of amides is 1. The van der Waals surface area contributed by atoms with Gasteiger partial charge in [0.2, 0.25) is 5.91 Å². The number of hydrogen-bond donors (Lipinski definition) is 2. The Labute approximate surface area is 206 Å². The normalized spacial score (nSPS) is 31.3. The van der Waals surface area contributed by atoms with Crippen LogP contribution in [-0.4, -0.2) is 54.7 Å². The molecular formula is C28H45N3O3. The van der Waals surface area contributed by atoms with Gasteiger partial charge >= 0.3 is 0 Å². The molecular weight excluding hydrogens is 426 g/mol. The lowest BCUT2D eigenvalue weighted by Gasteiger charge is -2.39. The number of allylic oxidation sites excluding steroid dienone is 4. The Bertz CT molecular complexity index is 811. The van der Waals surface area contributed by atoms with Crippen LogP contribution in [0.4, 0.5) is 0 Å². The Hall–Kier alpha value is -1.95. The quantitative estimate of drug-likeness (QED) is 0.546. The molecule has 0 aromatic carbocycles. The molecule has 0 saturated carbocycles. The summed E-state index contributed by atoms with van der Waals surface area (Å²) >= 11 is 0. The number of piperidine rings is 1. The van der Waals surface area contributed by atoms with Crippen molar-refractivity contribution in [2.24, 2.45) is 17.8 Å². The van der Waals surface area contributed by atoms with Crippen LogP contribution in [0.15, 0.2) is 35.4 Å². The maximum atomic E-state index is 12.5. The predicted molar refractivity (Wildman–Crippen MR) is 136 cm³/mol. The smallest absolute Gasteiger partial charge is 0.234 e. The van der Waals surface area contributed by atoms with Crippen molar-refractivity contribution in [1.29, 1.82) is 0 Å². The van der Waals surface area contributed by atoms with Crippen LogP contribution in [0.25, 0.3) is 0 Å². The van der Waals surface area contributed by atoms with Crippen molar-refractivity contribution < 1.29 is 14.3 Å². The van der Waals surface area contributed by atoms with E-state index in [2.05, 4.69) is 54.5 Å². The predicted octanol–water partition coefficient (Wildman–Crippen LogP) is 4.50. The number of nitrogens with zero attached hydrogens (tertiary/aromatic N) is 1. The second-order valence-electron chi connectivity index (χ2n) is 11.5. The van der Waals surface area contributed by atoms with Gasteiger partial charge in [0.15, 0.2) is 5.76 Å². The third-order valence-electron chi connectivity index (χ3n) is 7.71. The summed E-state index contributed by atoms with van der Waals surface area (Å²) in [6.07, 6.45) is 13.8. The summed E-state index contributed by atoms with van der Waals surface area (Å²) in [5, 5.41) is 6.91. The van der Waals surface area contributed by atoms with Gasteiger partial charge in [-0.1, -0.05) is 12.2 Å². The maximum absolute atomic E-state index is 12.5. The average molecular weight is 472 g/mol. The first-order valence-corrected chi connectivity index (χ1v) is 13.4. The fraction of sp³-hybridized carbons (Fsp3) is 0.750. The van der Waals surface area contributed by atoms with Crippen LogP contribution < -0.4 is 10.6 Å². The fourth-order valence-corrected chi connectivity index (χ4v) is 6.40. The largest absolute Gasteiger partial charge is 0.494 e. The second-order valence-corrected chi connectivity index (χ2v) is 11.5. The van der Waals surface area contributed by atoms with Crippen LogP contribution in [0.5, 0.6) is 0 Å². The Morgan fingerprint density at radius 2 is 1.85 bits per heavy atom. The fourth-order valence-electron chi connectivity index (χ4n) is 6.40. The van der Waals surface area contributed by atoms with Crippen molar-refractivity contribution in [2.45, 2.75) is 90.8 Å². The number of fused-ring (bicyclic) bond motifs is 3. The Morgan fingerprint density at radius 1 is 1.15 bits per heavy atom. The molecule has 3 heterocycles. The zero-order valence-electron chi connectivity index (χ0n) is 21.9. The van der Waals surface area contributed by atoms with Gasteiger partial charge in [0, 0.05) is 41.7 Å². The van der Waals surface area contributed by atoms with Gasteiger partial charge in [0.1, 0.15) is 5.76 Å². The van der Waals surface area contributed by atoms with Crippen molar-refractivity contribution in [3.8, 4) is 0 Å². The van der Waals surface area contributed by atoms with E-state index in [1.807, 2.05) is 13.8 Å². The zero-order valence-corrected chi connectivity index (χ0v) is 21.9. The van der Waals surface area contributed by atoms with E-state index in [0.717, 1.165) is 30.9 Å². The van der Waals surface area contributed by atoms with Crippen LogP contribution in [0.2, 0.25) is 0 Å². The Morgan fingerprint density at radius 3 is 2.50 bits per heavy atom. The number of rotatable bonds is 8. The van der Waals surface area contributed by atoms with E-state index in [0.29, 0.717) is 49.6 Å². The molecule has 34 heavy (non-hydrogen) atoms. The summed E-state index contributed by atoms with van der Waals surface area (Å²) in [6, 6.07) is 1.10. The zero-order chi connectivity index (χ0) is 24.3. The van der Waals surface area contributed by atoms with E-state index in [4.69, 9.17) is 9.47 Å². The number of carbonyl (C=O) groups is 1. The molecule has 5 atom stereocenters. The molecule has 3 aliphatic heterocycles. The molecule has 4 unspecified atom stereocenters. The van der Waals surface area contributed by atoms with Crippen LogP contribution in [0.1, 0.15) is 73.1 Å². The summed E-state index contributed by atoms with van der Waals surface area (Å²) < 4.78 is 12.0. The van der Waals surface area contributed by atoms with Crippen LogP contribution >= 0.6 is 0 Å².